The summed E-state index contributed by atoms with van der Waals surface area (Å²) in [7, 11) is 3.90. The van der Waals surface area contributed by atoms with Crippen molar-refractivity contribution in [3.63, 3.8) is 0 Å². The summed E-state index contributed by atoms with van der Waals surface area (Å²) in [6.07, 6.45) is 1.45. The number of benzene rings is 1. The van der Waals surface area contributed by atoms with Gasteiger partial charge in [-0.25, -0.2) is 9.55 Å². The maximum absolute atomic E-state index is 13.1. The number of carboxylic acids is 2. The van der Waals surface area contributed by atoms with Crippen LogP contribution in [0.4, 0.5) is 0 Å². The van der Waals surface area contributed by atoms with Gasteiger partial charge in [-0.2, -0.15) is 0 Å². The number of fused-ring (bicyclic) bond motifs is 2. The van der Waals surface area contributed by atoms with Gasteiger partial charge in [0.2, 0.25) is 0 Å². The number of hydrogen-bond donors (Lipinski definition) is 3. The predicted octanol–water partition coefficient (Wildman–Crippen LogP) is 4.41. The van der Waals surface area contributed by atoms with E-state index in [1.54, 1.807) is 7.11 Å². The molecular weight excluding hydrogens is 526 g/mol. The fourth-order valence-corrected chi connectivity index (χ4v) is 7.80. The molecule has 0 spiro atoms. The number of carbonyl (C=O) groups excluding carboxylic acids is 1. The molecule has 0 radical (unpaired) electrons. The maximum atomic E-state index is 13.1. The molecule has 2 heterocycles. The molecule has 0 amide bonds. The van der Waals surface area contributed by atoms with Crippen molar-refractivity contribution in [2.24, 2.45) is 0 Å². The zero-order chi connectivity index (χ0) is 28.2. The number of carbonyl (C=O) groups is 3. The van der Waals surface area contributed by atoms with Gasteiger partial charge in [-0.1, -0.05) is 26.6 Å². The Bertz CT molecular complexity index is 1420. The molecule has 0 saturated carbocycles. The highest BCUT2D eigenvalue weighted by atomic mass is 33.1. The van der Waals surface area contributed by atoms with E-state index in [0.29, 0.717) is 11.7 Å². The zero-order valence-corrected chi connectivity index (χ0v) is 24.1. The van der Waals surface area contributed by atoms with Gasteiger partial charge in [-0.3, -0.25) is 14.4 Å². The number of aromatic nitrogens is 3. The molecule has 0 fully saturated rings. The molecule has 0 saturated heterocycles. The fourth-order valence-electron chi connectivity index (χ4n) is 5.33. The molecule has 3 N–H and O–H groups in total. The maximum Gasteiger partial charge on any atom is 0.402 e. The van der Waals surface area contributed by atoms with Crippen LogP contribution in [0.25, 0.3) is 17.0 Å². The van der Waals surface area contributed by atoms with Crippen molar-refractivity contribution in [1.29, 1.82) is 0 Å². The van der Waals surface area contributed by atoms with Crippen molar-refractivity contribution in [2.75, 3.05) is 7.11 Å². The SMILES string of the molecule is COc1c(C)c[n+](-c2nc3cc4c(cc3[nH]2)C(C)(C)C(=O)C4(C)C)c(CSSC(CC(=O)O)C(=O)O)c1C. The number of aryl methyl sites for hydroxylation is 1. The number of Topliss-reactive ketones (excluding diaryl/α,β-unsaturated/α-hetero) is 1. The summed E-state index contributed by atoms with van der Waals surface area (Å²) in [6.45, 7) is 11.7. The topological polar surface area (TPSA) is 133 Å². The van der Waals surface area contributed by atoms with Crippen LogP contribution in [0, 0.1) is 13.8 Å². The summed E-state index contributed by atoms with van der Waals surface area (Å²) in [4.78, 5) is 44.0. The molecule has 9 nitrogen and oxygen atoms in total. The smallest absolute Gasteiger partial charge is 0.402 e. The van der Waals surface area contributed by atoms with Crippen LogP contribution in [0.1, 0.15) is 62.1 Å². The summed E-state index contributed by atoms with van der Waals surface area (Å²) in [5.74, 6) is -0.442. The number of H-pyrrole nitrogens is 1. The first-order chi connectivity index (χ1) is 17.7. The van der Waals surface area contributed by atoms with Crippen molar-refractivity contribution in [1.82, 2.24) is 9.97 Å². The van der Waals surface area contributed by atoms with E-state index in [9.17, 15) is 19.5 Å². The third kappa shape index (κ3) is 4.66. The van der Waals surface area contributed by atoms with Gasteiger partial charge < -0.3 is 14.9 Å². The second-order valence-corrected chi connectivity index (χ2v) is 13.2. The number of aliphatic carboxylic acids is 2. The van der Waals surface area contributed by atoms with Crippen LogP contribution in [0.2, 0.25) is 0 Å². The van der Waals surface area contributed by atoms with E-state index >= 15 is 0 Å². The van der Waals surface area contributed by atoms with Crippen LogP contribution >= 0.6 is 21.6 Å². The van der Waals surface area contributed by atoms with Gasteiger partial charge in [0.05, 0.1) is 25.5 Å². The second-order valence-electron chi connectivity index (χ2n) is 10.6. The first kappa shape index (κ1) is 28.0. The average molecular weight is 559 g/mol. The monoisotopic (exact) mass is 558 g/mol. The van der Waals surface area contributed by atoms with Crippen molar-refractivity contribution < 1.29 is 33.9 Å². The number of methoxy groups -OCH3 is 1. The highest BCUT2D eigenvalue weighted by Gasteiger charge is 2.51. The Hall–Kier alpha value is -3.05. The first-order valence-corrected chi connectivity index (χ1v) is 14.5. The van der Waals surface area contributed by atoms with E-state index in [-0.39, 0.29) is 5.78 Å². The zero-order valence-electron chi connectivity index (χ0n) is 22.5. The third-order valence-corrected chi connectivity index (χ3v) is 9.87. The molecule has 0 bridgehead atoms. The molecule has 1 unspecified atom stereocenters. The van der Waals surface area contributed by atoms with E-state index in [4.69, 9.17) is 14.8 Å². The van der Waals surface area contributed by atoms with E-state index in [0.717, 1.165) is 55.5 Å². The molecule has 0 aliphatic heterocycles. The average Bonchev–Trinajstić information content (AvgIpc) is 3.30. The molecule has 4 rings (SSSR count). The van der Waals surface area contributed by atoms with Gasteiger partial charge in [0.15, 0.2) is 11.3 Å². The first-order valence-electron chi connectivity index (χ1n) is 12.1. The lowest BCUT2D eigenvalue weighted by Gasteiger charge is -2.21. The Morgan fingerprint density at radius 2 is 1.76 bits per heavy atom. The number of aromatic amines is 1. The molecule has 11 heteroatoms. The number of nitrogens with zero attached hydrogens (tertiary/aromatic N) is 2. The van der Waals surface area contributed by atoms with E-state index < -0.39 is 34.4 Å². The Balaban J connectivity index is 1.77. The van der Waals surface area contributed by atoms with Crippen LogP contribution in [0.15, 0.2) is 18.3 Å². The summed E-state index contributed by atoms with van der Waals surface area (Å²) in [6, 6.07) is 4.01. The Labute approximate surface area is 228 Å². The number of ether oxygens (including phenoxy) is 1. The number of imidazole rings is 1. The van der Waals surface area contributed by atoms with Gasteiger partial charge >= 0.3 is 17.9 Å². The number of hydrogen-bond acceptors (Lipinski definition) is 7. The summed E-state index contributed by atoms with van der Waals surface area (Å²) >= 11 is 0. The van der Waals surface area contributed by atoms with Crippen LogP contribution in [0.3, 0.4) is 0 Å². The summed E-state index contributed by atoms with van der Waals surface area (Å²) < 4.78 is 7.56. The minimum absolute atomic E-state index is 0.183. The third-order valence-electron chi connectivity index (χ3n) is 7.28. The van der Waals surface area contributed by atoms with Crippen LogP contribution in [-0.4, -0.2) is 50.3 Å². The molecule has 1 aromatic carbocycles. The fraction of sp³-hybridized carbons (Fsp3) is 0.444. The number of ketones is 1. The number of nitrogens with one attached hydrogen (secondary N) is 1. The number of pyridine rings is 1. The molecule has 38 heavy (non-hydrogen) atoms. The Kier molecular flexibility index (Phi) is 7.30. The predicted molar refractivity (Wildman–Crippen MR) is 147 cm³/mol. The number of carboxylic acid groups (broad SMARTS) is 2. The van der Waals surface area contributed by atoms with Gasteiger partial charge in [0, 0.05) is 22.0 Å². The Morgan fingerprint density at radius 3 is 2.34 bits per heavy atom. The molecule has 1 aliphatic rings. The molecular formula is C27H32N3O6S2+. The van der Waals surface area contributed by atoms with Crippen molar-refractivity contribution in [3.8, 4) is 11.7 Å². The number of rotatable bonds is 9. The minimum atomic E-state index is -1.16. The van der Waals surface area contributed by atoms with E-state index in [2.05, 4.69) is 4.98 Å². The lowest BCUT2D eigenvalue weighted by atomic mass is 9.80. The standard InChI is InChI=1S/C27H31N3O6S2/c1-13-11-30(19(14(2)22(13)36-7)12-37-38-20(23(33)34)10-21(31)32)25-28-17-8-15-16(9-18(17)29-25)27(5,6)24(35)26(15,3)4/h8-9,11,20H,10,12H2,1-7H3,(H2-,28,29,31,32,33,34)/p+1. The molecule has 3 aromatic rings. The quantitative estimate of drug-likeness (QED) is 0.258. The highest BCUT2D eigenvalue weighted by molar-refractivity contribution is 8.76. The van der Waals surface area contributed by atoms with Gasteiger partial charge in [-0.05, 0) is 64.8 Å². The van der Waals surface area contributed by atoms with Crippen LogP contribution in [0.5, 0.6) is 5.75 Å². The summed E-state index contributed by atoms with van der Waals surface area (Å²) in [5.41, 5.74) is 4.94. The van der Waals surface area contributed by atoms with Gasteiger partial charge in [0.25, 0.3) is 0 Å². The lowest BCUT2D eigenvalue weighted by Crippen LogP contribution is -2.38. The molecule has 2 aromatic heterocycles. The van der Waals surface area contributed by atoms with Crippen LogP contribution in [-0.2, 0) is 31.0 Å². The van der Waals surface area contributed by atoms with Crippen molar-refractivity contribution >= 4 is 50.3 Å². The minimum Gasteiger partial charge on any atom is -0.496 e. The van der Waals surface area contributed by atoms with Crippen LogP contribution < -0.4 is 9.30 Å². The molecule has 1 atom stereocenters. The van der Waals surface area contributed by atoms with Gasteiger partial charge in [0.1, 0.15) is 22.2 Å². The second kappa shape index (κ2) is 9.92. The highest BCUT2D eigenvalue weighted by Crippen LogP contribution is 2.47. The largest absolute Gasteiger partial charge is 0.496 e. The molecule has 1 aliphatic carbocycles. The normalized spacial score (nSPS) is 16.4. The Morgan fingerprint density at radius 1 is 1.13 bits per heavy atom. The summed E-state index contributed by atoms with van der Waals surface area (Å²) in [5, 5.41) is 17.4. The van der Waals surface area contributed by atoms with E-state index in [1.165, 1.54) is 10.8 Å². The van der Waals surface area contributed by atoms with Crippen molar-refractivity contribution in [3.05, 3.63) is 46.3 Å². The lowest BCUT2D eigenvalue weighted by molar-refractivity contribution is -0.611. The van der Waals surface area contributed by atoms with Crippen molar-refractivity contribution in [2.45, 2.75) is 69.8 Å². The molecule has 202 valence electrons. The van der Waals surface area contributed by atoms with Gasteiger partial charge in [-0.15, -0.1) is 0 Å². The van der Waals surface area contributed by atoms with E-state index in [1.807, 2.05) is 64.4 Å².